The number of carbonyl (C=O) groups is 2. The molecule has 4 nitrogen and oxygen atoms in total. The van der Waals surface area contributed by atoms with E-state index in [-0.39, 0.29) is 17.6 Å². The minimum Gasteiger partial charge on any atom is -0.354 e. The molecule has 0 aromatic heterocycles. The van der Waals surface area contributed by atoms with Gasteiger partial charge in [0.1, 0.15) is 17.2 Å². The minimum absolute atomic E-state index is 0.208. The van der Waals surface area contributed by atoms with Gasteiger partial charge in [0.2, 0.25) is 5.91 Å². The van der Waals surface area contributed by atoms with Crippen molar-refractivity contribution in [1.82, 2.24) is 10.2 Å². The highest BCUT2D eigenvalue weighted by Crippen LogP contribution is 2.42. The summed E-state index contributed by atoms with van der Waals surface area (Å²) in [5, 5.41) is 2.76. The van der Waals surface area contributed by atoms with Gasteiger partial charge in [0.25, 0.3) is 5.91 Å². The monoisotopic (exact) mass is 420 g/mol. The molecule has 2 unspecified atom stereocenters. The number of thioether (sulfide) groups is 1. The molecule has 28 heavy (non-hydrogen) atoms. The zero-order chi connectivity index (χ0) is 20.3. The Morgan fingerprint density at radius 1 is 1.25 bits per heavy atom. The van der Waals surface area contributed by atoms with Gasteiger partial charge >= 0.3 is 0 Å². The van der Waals surface area contributed by atoms with Gasteiger partial charge in [0.15, 0.2) is 0 Å². The van der Waals surface area contributed by atoms with E-state index in [1.807, 2.05) is 13.8 Å². The Bertz CT molecular complexity index is 877. The molecule has 1 N–H and O–H groups in total. The third-order valence-corrected chi connectivity index (χ3v) is 6.11. The number of carbonyl (C=O) groups excluding carboxylic acids is 2. The molecule has 2 atom stereocenters. The van der Waals surface area contributed by atoms with Crippen LogP contribution in [0, 0.1) is 11.7 Å². The quantitative estimate of drug-likeness (QED) is 0.774. The summed E-state index contributed by atoms with van der Waals surface area (Å²) in [6.45, 7) is 4.54. The zero-order valence-corrected chi connectivity index (χ0v) is 17.3. The van der Waals surface area contributed by atoms with Crippen molar-refractivity contribution in [1.29, 1.82) is 0 Å². The molecule has 0 radical (unpaired) electrons. The average molecular weight is 421 g/mol. The standard InChI is InChI=1S/C21H22ClFN2O2S/c1-13(2)11-24-19(26)18-12-28-21(14-6-5-7-15(23)10-14)25(18)20(27)16-8-3-4-9-17(16)22/h3-10,13,18,21H,11-12H2,1-2H3,(H,24,26). The van der Waals surface area contributed by atoms with Crippen LogP contribution in [0.2, 0.25) is 5.02 Å². The van der Waals surface area contributed by atoms with E-state index in [4.69, 9.17) is 11.6 Å². The molecular formula is C21H22ClFN2O2S. The van der Waals surface area contributed by atoms with Gasteiger partial charge in [-0.3, -0.25) is 9.59 Å². The molecule has 1 saturated heterocycles. The van der Waals surface area contributed by atoms with Crippen LogP contribution in [0.1, 0.15) is 35.1 Å². The van der Waals surface area contributed by atoms with Crippen LogP contribution in [0.5, 0.6) is 0 Å². The normalized spacial score (nSPS) is 19.1. The van der Waals surface area contributed by atoms with E-state index in [9.17, 15) is 14.0 Å². The molecule has 2 amide bonds. The van der Waals surface area contributed by atoms with E-state index in [1.54, 1.807) is 36.4 Å². The topological polar surface area (TPSA) is 49.4 Å². The SMILES string of the molecule is CC(C)CNC(=O)C1CSC(c2cccc(F)c2)N1C(=O)c1ccccc1Cl. The summed E-state index contributed by atoms with van der Waals surface area (Å²) in [5.41, 5.74) is 0.972. The molecule has 0 spiro atoms. The van der Waals surface area contributed by atoms with E-state index < -0.39 is 11.4 Å². The fourth-order valence-corrected chi connectivity index (χ4v) is 4.71. The number of amides is 2. The fraction of sp³-hybridized carbons (Fsp3) is 0.333. The van der Waals surface area contributed by atoms with Crippen molar-refractivity contribution >= 4 is 35.2 Å². The molecule has 1 aliphatic heterocycles. The maximum atomic E-state index is 13.8. The minimum atomic E-state index is -0.652. The van der Waals surface area contributed by atoms with Gasteiger partial charge in [0, 0.05) is 12.3 Å². The Hall–Kier alpha value is -2.05. The number of hydrogen-bond donors (Lipinski definition) is 1. The van der Waals surface area contributed by atoms with Crippen LogP contribution in [0.3, 0.4) is 0 Å². The Labute approximate surface area is 173 Å². The van der Waals surface area contributed by atoms with Crippen LogP contribution in [0.15, 0.2) is 48.5 Å². The third kappa shape index (κ3) is 4.50. The van der Waals surface area contributed by atoms with Crippen molar-refractivity contribution in [2.45, 2.75) is 25.3 Å². The number of rotatable bonds is 5. The first kappa shape index (κ1) is 20.7. The molecular weight excluding hydrogens is 399 g/mol. The molecule has 1 aliphatic rings. The molecule has 0 bridgehead atoms. The van der Waals surface area contributed by atoms with Crippen molar-refractivity contribution in [3.8, 4) is 0 Å². The summed E-state index contributed by atoms with van der Waals surface area (Å²) < 4.78 is 13.8. The Kier molecular flexibility index (Phi) is 6.62. The van der Waals surface area contributed by atoms with E-state index >= 15 is 0 Å². The predicted octanol–water partition coefficient (Wildman–Crippen LogP) is 4.51. The first-order valence-corrected chi connectivity index (χ1v) is 10.5. The highest BCUT2D eigenvalue weighted by molar-refractivity contribution is 7.99. The van der Waals surface area contributed by atoms with Gasteiger partial charge in [0.05, 0.1) is 10.6 Å². The number of hydrogen-bond acceptors (Lipinski definition) is 3. The van der Waals surface area contributed by atoms with Gasteiger partial charge in [-0.15, -0.1) is 11.8 Å². The van der Waals surface area contributed by atoms with E-state index in [0.717, 1.165) is 0 Å². The molecule has 2 aromatic carbocycles. The van der Waals surface area contributed by atoms with Crippen molar-refractivity contribution in [3.05, 3.63) is 70.5 Å². The Balaban J connectivity index is 1.96. The lowest BCUT2D eigenvalue weighted by atomic mass is 10.1. The molecule has 2 aromatic rings. The molecule has 3 rings (SSSR count). The van der Waals surface area contributed by atoms with Crippen molar-refractivity contribution in [2.75, 3.05) is 12.3 Å². The summed E-state index contributed by atoms with van der Waals surface area (Å²) in [4.78, 5) is 27.7. The van der Waals surface area contributed by atoms with Gasteiger partial charge in [-0.2, -0.15) is 0 Å². The molecule has 0 saturated carbocycles. The fourth-order valence-electron chi connectivity index (χ4n) is 3.07. The van der Waals surface area contributed by atoms with Crippen LogP contribution >= 0.6 is 23.4 Å². The van der Waals surface area contributed by atoms with E-state index in [0.29, 0.717) is 34.4 Å². The predicted molar refractivity (Wildman–Crippen MR) is 111 cm³/mol. The molecule has 148 valence electrons. The number of benzene rings is 2. The first-order valence-electron chi connectivity index (χ1n) is 9.10. The molecule has 0 aliphatic carbocycles. The van der Waals surface area contributed by atoms with Crippen LogP contribution in [-0.2, 0) is 4.79 Å². The average Bonchev–Trinajstić information content (AvgIpc) is 3.11. The molecule has 1 fully saturated rings. The van der Waals surface area contributed by atoms with Crippen LogP contribution < -0.4 is 5.32 Å². The maximum Gasteiger partial charge on any atom is 0.257 e. The van der Waals surface area contributed by atoms with E-state index in [1.165, 1.54) is 28.8 Å². The van der Waals surface area contributed by atoms with Crippen LogP contribution in [-0.4, -0.2) is 35.1 Å². The van der Waals surface area contributed by atoms with Crippen molar-refractivity contribution in [2.24, 2.45) is 5.92 Å². The first-order chi connectivity index (χ1) is 13.4. The summed E-state index contributed by atoms with van der Waals surface area (Å²) in [6.07, 6.45) is 0. The number of nitrogens with one attached hydrogen (secondary N) is 1. The second kappa shape index (κ2) is 8.97. The summed E-state index contributed by atoms with van der Waals surface area (Å²) >= 11 is 7.68. The van der Waals surface area contributed by atoms with E-state index in [2.05, 4.69) is 5.32 Å². The highest BCUT2D eigenvalue weighted by Gasteiger charge is 2.43. The summed E-state index contributed by atoms with van der Waals surface area (Å²) in [7, 11) is 0. The molecule has 7 heteroatoms. The second-order valence-corrected chi connectivity index (χ2v) is 8.61. The highest BCUT2D eigenvalue weighted by atomic mass is 35.5. The third-order valence-electron chi connectivity index (χ3n) is 4.46. The molecule has 1 heterocycles. The Morgan fingerprint density at radius 2 is 2.00 bits per heavy atom. The Morgan fingerprint density at radius 3 is 2.68 bits per heavy atom. The largest absolute Gasteiger partial charge is 0.354 e. The van der Waals surface area contributed by atoms with Gasteiger partial charge in [-0.05, 0) is 35.7 Å². The van der Waals surface area contributed by atoms with Crippen LogP contribution in [0.25, 0.3) is 0 Å². The lowest BCUT2D eigenvalue weighted by molar-refractivity contribution is -0.125. The van der Waals surface area contributed by atoms with Crippen molar-refractivity contribution in [3.63, 3.8) is 0 Å². The second-order valence-electron chi connectivity index (χ2n) is 7.09. The number of halogens is 2. The van der Waals surface area contributed by atoms with Crippen LogP contribution in [0.4, 0.5) is 4.39 Å². The van der Waals surface area contributed by atoms with Gasteiger partial charge in [-0.1, -0.05) is 49.7 Å². The number of nitrogens with zero attached hydrogens (tertiary/aromatic N) is 1. The lowest BCUT2D eigenvalue weighted by Gasteiger charge is -2.29. The van der Waals surface area contributed by atoms with Gasteiger partial charge in [-0.25, -0.2) is 4.39 Å². The van der Waals surface area contributed by atoms with Crippen molar-refractivity contribution < 1.29 is 14.0 Å². The maximum absolute atomic E-state index is 13.8. The smallest absolute Gasteiger partial charge is 0.257 e. The van der Waals surface area contributed by atoms with Gasteiger partial charge < -0.3 is 10.2 Å². The summed E-state index contributed by atoms with van der Waals surface area (Å²) in [5.74, 6) is -0.197. The lowest BCUT2D eigenvalue weighted by Crippen LogP contribution is -2.48. The zero-order valence-electron chi connectivity index (χ0n) is 15.7. The summed E-state index contributed by atoms with van der Waals surface area (Å²) in [6, 6.07) is 12.2.